The fraction of sp³-hybridized carbons (Fsp3) is 0.467. The first-order valence-corrected chi connectivity index (χ1v) is 6.84. The van der Waals surface area contributed by atoms with Crippen LogP contribution >= 0.6 is 0 Å². The lowest BCUT2D eigenvalue weighted by Crippen LogP contribution is -2.51. The number of ether oxygens (including phenoxy) is 1. The number of amides is 1. The maximum absolute atomic E-state index is 12.5. The minimum atomic E-state index is -0.735. The van der Waals surface area contributed by atoms with Gasteiger partial charge in [0.05, 0.1) is 7.11 Å². The maximum Gasteiger partial charge on any atom is 0.328 e. The van der Waals surface area contributed by atoms with Crippen LogP contribution in [-0.2, 0) is 14.3 Å². The summed E-state index contributed by atoms with van der Waals surface area (Å²) in [4.78, 5) is 25.9. The molecule has 1 aliphatic heterocycles. The first kappa shape index (κ1) is 14.5. The van der Waals surface area contributed by atoms with Crippen LogP contribution in [-0.4, -0.2) is 36.5 Å². The van der Waals surface area contributed by atoms with E-state index in [1.54, 1.807) is 4.90 Å². The normalized spacial score (nSPS) is 20.3. The number of carbonyl (C=O) groups is 2. The number of hydrogen-bond acceptors (Lipinski definition) is 4. The molecule has 0 bridgehead atoms. The van der Waals surface area contributed by atoms with Gasteiger partial charge in [-0.25, -0.2) is 4.79 Å². The topological polar surface area (TPSA) is 72.6 Å². The molecule has 1 aliphatic rings. The highest BCUT2D eigenvalue weighted by atomic mass is 16.5. The van der Waals surface area contributed by atoms with E-state index in [2.05, 4.69) is 0 Å². The van der Waals surface area contributed by atoms with E-state index in [0.717, 1.165) is 18.4 Å². The Labute approximate surface area is 118 Å². The van der Waals surface area contributed by atoms with Gasteiger partial charge in [0.15, 0.2) is 0 Å². The number of likely N-dealkylation sites (tertiary alicyclic amines) is 1. The summed E-state index contributed by atoms with van der Waals surface area (Å²) in [5.74, 6) is -0.579. The molecule has 1 aromatic rings. The Hall–Kier alpha value is -1.88. The quantitative estimate of drug-likeness (QED) is 0.843. The minimum absolute atomic E-state index is 0.216. The molecule has 1 aromatic carbocycles. The molecule has 2 rings (SSSR count). The summed E-state index contributed by atoms with van der Waals surface area (Å²) in [5.41, 5.74) is 6.79. The summed E-state index contributed by atoms with van der Waals surface area (Å²) in [6.07, 6.45) is 2.45. The third-order valence-electron chi connectivity index (χ3n) is 3.68. The number of benzene rings is 1. The molecule has 2 atom stereocenters. The van der Waals surface area contributed by atoms with E-state index in [0.29, 0.717) is 13.0 Å². The fourth-order valence-corrected chi connectivity index (χ4v) is 2.56. The average Bonchev–Trinajstić information content (AvgIpc) is 2.53. The second-order valence-electron chi connectivity index (χ2n) is 4.95. The number of hydrogen-bond donors (Lipinski definition) is 1. The predicted octanol–water partition coefficient (Wildman–Crippen LogP) is 1.24. The molecule has 2 N–H and O–H groups in total. The van der Waals surface area contributed by atoms with Gasteiger partial charge in [0.1, 0.15) is 12.1 Å². The van der Waals surface area contributed by atoms with Gasteiger partial charge in [-0.1, -0.05) is 30.3 Å². The highest BCUT2D eigenvalue weighted by Gasteiger charge is 2.35. The van der Waals surface area contributed by atoms with Crippen LogP contribution in [0.25, 0.3) is 0 Å². The molecule has 108 valence electrons. The zero-order valence-electron chi connectivity index (χ0n) is 11.6. The summed E-state index contributed by atoms with van der Waals surface area (Å²) < 4.78 is 4.78. The molecular formula is C15H20N2O3. The van der Waals surface area contributed by atoms with Crippen molar-refractivity contribution in [1.29, 1.82) is 0 Å². The maximum atomic E-state index is 12.5. The van der Waals surface area contributed by atoms with Gasteiger partial charge >= 0.3 is 5.97 Å². The van der Waals surface area contributed by atoms with Crippen molar-refractivity contribution in [2.75, 3.05) is 13.7 Å². The van der Waals surface area contributed by atoms with Gasteiger partial charge in [-0.05, 0) is 24.8 Å². The lowest BCUT2D eigenvalue weighted by Gasteiger charge is -2.35. The van der Waals surface area contributed by atoms with E-state index in [1.165, 1.54) is 7.11 Å². The van der Waals surface area contributed by atoms with Gasteiger partial charge in [-0.15, -0.1) is 0 Å². The number of carbonyl (C=O) groups excluding carboxylic acids is 2. The van der Waals surface area contributed by atoms with Crippen molar-refractivity contribution in [2.24, 2.45) is 5.73 Å². The Kier molecular flexibility index (Phi) is 4.74. The van der Waals surface area contributed by atoms with Crippen LogP contribution in [0.4, 0.5) is 0 Å². The van der Waals surface area contributed by atoms with Crippen LogP contribution in [0.15, 0.2) is 30.3 Å². The van der Waals surface area contributed by atoms with Crippen molar-refractivity contribution in [3.05, 3.63) is 35.9 Å². The van der Waals surface area contributed by atoms with E-state index >= 15 is 0 Å². The molecule has 5 heteroatoms. The zero-order chi connectivity index (χ0) is 14.5. The van der Waals surface area contributed by atoms with E-state index in [4.69, 9.17) is 10.5 Å². The summed E-state index contributed by atoms with van der Waals surface area (Å²) in [6.45, 7) is 0.555. The lowest BCUT2D eigenvalue weighted by atomic mass is 9.99. The lowest BCUT2D eigenvalue weighted by molar-refractivity contribution is -0.155. The fourth-order valence-electron chi connectivity index (χ4n) is 2.56. The van der Waals surface area contributed by atoms with Crippen LogP contribution < -0.4 is 5.73 Å². The van der Waals surface area contributed by atoms with Crippen molar-refractivity contribution in [2.45, 2.75) is 31.3 Å². The molecule has 1 fully saturated rings. The monoisotopic (exact) mass is 276 g/mol. The van der Waals surface area contributed by atoms with Crippen molar-refractivity contribution in [3.63, 3.8) is 0 Å². The van der Waals surface area contributed by atoms with E-state index in [9.17, 15) is 9.59 Å². The molecule has 5 nitrogen and oxygen atoms in total. The Bertz CT molecular complexity index is 475. The van der Waals surface area contributed by atoms with Gasteiger partial charge in [0, 0.05) is 6.54 Å². The van der Waals surface area contributed by atoms with Gasteiger partial charge < -0.3 is 15.4 Å². The highest BCUT2D eigenvalue weighted by Crippen LogP contribution is 2.22. The second kappa shape index (κ2) is 6.52. The van der Waals surface area contributed by atoms with E-state index < -0.39 is 12.1 Å². The van der Waals surface area contributed by atoms with Gasteiger partial charge in [0.25, 0.3) is 0 Å². The Morgan fingerprint density at radius 3 is 2.65 bits per heavy atom. The molecule has 1 heterocycles. The average molecular weight is 276 g/mol. The minimum Gasteiger partial charge on any atom is -0.467 e. The molecule has 0 aromatic heterocycles. The number of nitrogens with two attached hydrogens (primary N) is 1. The molecule has 0 radical (unpaired) electrons. The van der Waals surface area contributed by atoms with Crippen LogP contribution in [0.1, 0.15) is 30.9 Å². The van der Waals surface area contributed by atoms with Gasteiger partial charge in [-0.2, -0.15) is 0 Å². The second-order valence-corrected chi connectivity index (χ2v) is 4.95. The first-order chi connectivity index (χ1) is 9.65. The van der Waals surface area contributed by atoms with Crippen molar-refractivity contribution in [3.8, 4) is 0 Å². The standard InChI is InChI=1S/C15H20N2O3/c1-20-15(19)12-9-5-6-10-17(12)14(18)13(16)11-7-3-2-4-8-11/h2-4,7-8,12-13H,5-6,9-10,16H2,1H3/t12?,13-/m0/s1. The van der Waals surface area contributed by atoms with Crippen LogP contribution in [0.5, 0.6) is 0 Å². The van der Waals surface area contributed by atoms with Crippen molar-refractivity contribution in [1.82, 2.24) is 4.90 Å². The van der Waals surface area contributed by atoms with Crippen molar-refractivity contribution < 1.29 is 14.3 Å². The molecule has 0 spiro atoms. The molecular weight excluding hydrogens is 256 g/mol. The molecule has 0 aliphatic carbocycles. The third kappa shape index (κ3) is 2.99. The Balaban J connectivity index is 2.15. The van der Waals surface area contributed by atoms with E-state index in [-0.39, 0.29) is 11.9 Å². The predicted molar refractivity (Wildman–Crippen MR) is 74.7 cm³/mol. The largest absolute Gasteiger partial charge is 0.467 e. The number of methoxy groups -OCH3 is 1. The SMILES string of the molecule is COC(=O)C1CCCCN1C(=O)[C@@H](N)c1ccccc1. The molecule has 1 amide bonds. The molecule has 1 unspecified atom stereocenters. The highest BCUT2D eigenvalue weighted by molar-refractivity contribution is 5.88. The summed E-state index contributed by atoms with van der Waals surface area (Å²) in [5, 5.41) is 0. The summed E-state index contributed by atoms with van der Waals surface area (Å²) in [6, 6.07) is 7.96. The third-order valence-corrected chi connectivity index (χ3v) is 3.68. The molecule has 1 saturated heterocycles. The molecule has 20 heavy (non-hydrogen) atoms. The summed E-state index contributed by atoms with van der Waals surface area (Å²) >= 11 is 0. The van der Waals surface area contributed by atoms with E-state index in [1.807, 2.05) is 30.3 Å². The Morgan fingerprint density at radius 2 is 2.00 bits per heavy atom. The van der Waals surface area contributed by atoms with Crippen LogP contribution in [0.2, 0.25) is 0 Å². The number of nitrogens with zero attached hydrogens (tertiary/aromatic N) is 1. The van der Waals surface area contributed by atoms with Crippen LogP contribution in [0.3, 0.4) is 0 Å². The van der Waals surface area contributed by atoms with Crippen molar-refractivity contribution >= 4 is 11.9 Å². The number of rotatable bonds is 3. The smallest absolute Gasteiger partial charge is 0.328 e. The number of piperidine rings is 1. The number of esters is 1. The van der Waals surface area contributed by atoms with Gasteiger partial charge in [0.2, 0.25) is 5.91 Å². The summed E-state index contributed by atoms with van der Waals surface area (Å²) in [7, 11) is 1.34. The zero-order valence-corrected chi connectivity index (χ0v) is 11.6. The van der Waals surface area contributed by atoms with Gasteiger partial charge in [-0.3, -0.25) is 4.79 Å². The molecule has 0 saturated carbocycles. The van der Waals surface area contributed by atoms with Crippen LogP contribution in [0, 0.1) is 0 Å². The Morgan fingerprint density at radius 1 is 1.30 bits per heavy atom. The first-order valence-electron chi connectivity index (χ1n) is 6.84.